The minimum atomic E-state index is -0.419. The van der Waals surface area contributed by atoms with Gasteiger partial charge in [0.1, 0.15) is 11.6 Å². The first-order valence-corrected chi connectivity index (χ1v) is 11.1. The zero-order valence-electron chi connectivity index (χ0n) is 17.1. The lowest BCUT2D eigenvalue weighted by molar-refractivity contribution is -0.115. The summed E-state index contributed by atoms with van der Waals surface area (Å²) in [5, 5.41) is 10.1. The molecular formula is C21H16Cl2FN7OS. The molecule has 4 rings (SSSR count). The number of nitrogens with one attached hydrogen (secondary N) is 3. The average molecular weight is 504 g/mol. The smallest absolute Gasteiger partial charge is 0.234 e. The summed E-state index contributed by atoms with van der Waals surface area (Å²) in [4.78, 5) is 30.1. The largest absolute Gasteiger partial charge is 0.326 e. The number of nitrogens with zero attached hydrogens (tertiary/aromatic N) is 4. The second kappa shape index (κ2) is 10.1. The van der Waals surface area contributed by atoms with E-state index in [4.69, 9.17) is 23.2 Å². The zero-order chi connectivity index (χ0) is 23.4. The quantitative estimate of drug-likeness (QED) is 0.294. The lowest BCUT2D eigenvalue weighted by Gasteiger charge is -2.08. The number of aromatic nitrogens is 4. The number of amides is 1. The Labute approximate surface area is 202 Å². The molecule has 0 radical (unpaired) electrons. The van der Waals surface area contributed by atoms with Crippen molar-refractivity contribution in [1.82, 2.24) is 19.9 Å². The van der Waals surface area contributed by atoms with E-state index in [1.54, 1.807) is 37.4 Å². The summed E-state index contributed by atoms with van der Waals surface area (Å²) in [7, 11) is 0. The highest BCUT2D eigenvalue weighted by molar-refractivity contribution is 7.15. The summed E-state index contributed by atoms with van der Waals surface area (Å²) in [5.74, 6) is 0.392. The molecule has 0 saturated heterocycles. The Morgan fingerprint density at radius 3 is 2.55 bits per heavy atom. The van der Waals surface area contributed by atoms with Crippen molar-refractivity contribution in [3.8, 4) is 0 Å². The van der Waals surface area contributed by atoms with E-state index in [9.17, 15) is 9.18 Å². The van der Waals surface area contributed by atoms with Gasteiger partial charge in [-0.3, -0.25) is 10.1 Å². The highest BCUT2D eigenvalue weighted by Gasteiger charge is 2.11. The Bertz CT molecular complexity index is 1320. The van der Waals surface area contributed by atoms with Crippen LogP contribution < -0.4 is 16.0 Å². The standard InChI is InChI=1S/C21H16Cl2FN7OS/c1-11-26-19(29-14-5-6-16(22)17(23)8-14)30-20(27-11)31-21-25-10-15(33-21)9-18(32)28-13-4-2-3-12(24)7-13/h2-8,10H,9H2,1H3,(H,28,32)(H2,25,26,27,29,30,31). The monoisotopic (exact) mass is 503 g/mol. The number of benzene rings is 2. The van der Waals surface area contributed by atoms with Gasteiger partial charge in [0.2, 0.25) is 17.8 Å². The Kier molecular flexibility index (Phi) is 6.97. The zero-order valence-corrected chi connectivity index (χ0v) is 19.4. The molecular weight excluding hydrogens is 488 g/mol. The fraction of sp³-hybridized carbons (Fsp3) is 0.0952. The predicted molar refractivity (Wildman–Crippen MR) is 128 cm³/mol. The van der Waals surface area contributed by atoms with Crippen LogP contribution in [0.4, 0.5) is 32.8 Å². The van der Waals surface area contributed by atoms with Crippen molar-refractivity contribution in [3.05, 3.63) is 75.2 Å². The predicted octanol–water partition coefficient (Wildman–Crippen LogP) is 5.75. The van der Waals surface area contributed by atoms with Gasteiger partial charge in [-0.25, -0.2) is 9.37 Å². The highest BCUT2D eigenvalue weighted by Crippen LogP contribution is 2.27. The van der Waals surface area contributed by atoms with Gasteiger partial charge >= 0.3 is 0 Å². The van der Waals surface area contributed by atoms with Crippen LogP contribution in [0.3, 0.4) is 0 Å². The van der Waals surface area contributed by atoms with Gasteiger partial charge in [0, 0.05) is 22.4 Å². The van der Waals surface area contributed by atoms with E-state index >= 15 is 0 Å². The molecule has 3 N–H and O–H groups in total. The van der Waals surface area contributed by atoms with Gasteiger partial charge in [0.05, 0.1) is 16.5 Å². The number of halogens is 3. The summed E-state index contributed by atoms with van der Waals surface area (Å²) in [6, 6.07) is 10.8. The van der Waals surface area contributed by atoms with Crippen molar-refractivity contribution in [2.24, 2.45) is 0 Å². The molecule has 0 atom stereocenters. The number of carbonyl (C=O) groups excluding carboxylic acids is 1. The van der Waals surface area contributed by atoms with Gasteiger partial charge in [0.25, 0.3) is 0 Å². The average Bonchev–Trinajstić information content (AvgIpc) is 3.16. The second-order valence-corrected chi connectivity index (χ2v) is 8.71. The van der Waals surface area contributed by atoms with E-state index in [2.05, 4.69) is 35.9 Å². The van der Waals surface area contributed by atoms with Crippen molar-refractivity contribution in [1.29, 1.82) is 0 Å². The fourth-order valence-electron chi connectivity index (χ4n) is 2.77. The molecule has 12 heteroatoms. The number of hydrogen-bond donors (Lipinski definition) is 3. The molecule has 0 fully saturated rings. The first kappa shape index (κ1) is 22.8. The summed E-state index contributed by atoms with van der Waals surface area (Å²) in [6.07, 6.45) is 1.68. The molecule has 1 amide bonds. The van der Waals surface area contributed by atoms with Crippen LogP contribution in [0.25, 0.3) is 0 Å². The van der Waals surface area contributed by atoms with Crippen LogP contribution in [0.5, 0.6) is 0 Å². The number of thiazole rings is 1. The van der Waals surface area contributed by atoms with Gasteiger partial charge in [0.15, 0.2) is 5.13 Å². The van der Waals surface area contributed by atoms with Crippen molar-refractivity contribution >= 4 is 68.8 Å². The molecule has 0 aliphatic carbocycles. The van der Waals surface area contributed by atoms with Crippen molar-refractivity contribution in [2.75, 3.05) is 16.0 Å². The van der Waals surface area contributed by atoms with Gasteiger partial charge in [-0.1, -0.05) is 29.3 Å². The maximum absolute atomic E-state index is 13.3. The van der Waals surface area contributed by atoms with E-state index in [0.29, 0.717) is 43.2 Å². The Morgan fingerprint density at radius 2 is 1.79 bits per heavy atom. The summed E-state index contributed by atoms with van der Waals surface area (Å²) >= 11 is 13.3. The fourth-order valence-corrected chi connectivity index (χ4v) is 3.87. The highest BCUT2D eigenvalue weighted by atomic mass is 35.5. The molecule has 33 heavy (non-hydrogen) atoms. The number of aryl methyl sites for hydroxylation is 1. The van der Waals surface area contributed by atoms with Crippen molar-refractivity contribution < 1.29 is 9.18 Å². The van der Waals surface area contributed by atoms with Gasteiger partial charge in [-0.05, 0) is 43.3 Å². The minimum absolute atomic E-state index is 0.0935. The lowest BCUT2D eigenvalue weighted by Crippen LogP contribution is -2.13. The van der Waals surface area contributed by atoms with Crippen LogP contribution in [0.15, 0.2) is 48.7 Å². The van der Waals surface area contributed by atoms with Crippen LogP contribution >= 0.6 is 34.5 Å². The van der Waals surface area contributed by atoms with E-state index in [1.165, 1.54) is 29.5 Å². The molecule has 0 saturated carbocycles. The van der Waals surface area contributed by atoms with Crippen molar-refractivity contribution in [2.45, 2.75) is 13.3 Å². The maximum atomic E-state index is 13.3. The Hall–Kier alpha value is -3.34. The molecule has 0 unspecified atom stereocenters. The van der Waals surface area contributed by atoms with E-state index < -0.39 is 5.82 Å². The first-order valence-electron chi connectivity index (χ1n) is 9.56. The summed E-state index contributed by atoms with van der Waals surface area (Å²) in [6.45, 7) is 1.73. The minimum Gasteiger partial charge on any atom is -0.326 e. The molecule has 2 heterocycles. The van der Waals surface area contributed by atoms with E-state index in [-0.39, 0.29) is 18.3 Å². The number of hydrogen-bond acceptors (Lipinski definition) is 8. The third-order valence-electron chi connectivity index (χ3n) is 4.14. The van der Waals surface area contributed by atoms with E-state index in [0.717, 1.165) is 0 Å². The van der Waals surface area contributed by atoms with Crippen LogP contribution in [0, 0.1) is 12.7 Å². The third kappa shape index (κ3) is 6.35. The van der Waals surface area contributed by atoms with Gasteiger partial charge < -0.3 is 10.6 Å². The molecule has 0 aliphatic rings. The first-order chi connectivity index (χ1) is 15.8. The Morgan fingerprint density at radius 1 is 1.00 bits per heavy atom. The van der Waals surface area contributed by atoms with Crippen LogP contribution in [-0.4, -0.2) is 25.8 Å². The number of carbonyl (C=O) groups is 1. The normalized spacial score (nSPS) is 10.7. The molecule has 8 nitrogen and oxygen atoms in total. The van der Waals surface area contributed by atoms with Crippen LogP contribution in [0.1, 0.15) is 10.7 Å². The number of anilines is 5. The van der Waals surface area contributed by atoms with Crippen molar-refractivity contribution in [3.63, 3.8) is 0 Å². The third-order valence-corrected chi connectivity index (χ3v) is 5.79. The SMILES string of the molecule is Cc1nc(Nc2ccc(Cl)c(Cl)c2)nc(Nc2ncc(CC(=O)Nc3cccc(F)c3)s2)n1. The molecule has 0 spiro atoms. The number of rotatable bonds is 7. The van der Waals surface area contributed by atoms with Crippen LogP contribution in [-0.2, 0) is 11.2 Å². The molecule has 0 aliphatic heterocycles. The van der Waals surface area contributed by atoms with Gasteiger partial charge in [-0.2, -0.15) is 15.0 Å². The molecule has 2 aromatic heterocycles. The second-order valence-electron chi connectivity index (χ2n) is 6.78. The summed E-state index contributed by atoms with van der Waals surface area (Å²) < 4.78 is 13.3. The topological polar surface area (TPSA) is 105 Å². The van der Waals surface area contributed by atoms with Gasteiger partial charge in [-0.15, -0.1) is 11.3 Å². The molecule has 0 bridgehead atoms. The molecule has 2 aromatic carbocycles. The lowest BCUT2D eigenvalue weighted by atomic mass is 10.3. The Balaban J connectivity index is 1.41. The van der Waals surface area contributed by atoms with Crippen LogP contribution in [0.2, 0.25) is 10.0 Å². The molecule has 4 aromatic rings. The molecule has 168 valence electrons. The summed E-state index contributed by atoms with van der Waals surface area (Å²) in [5.41, 5.74) is 1.06. The maximum Gasteiger partial charge on any atom is 0.234 e. The van der Waals surface area contributed by atoms with E-state index in [1.807, 2.05) is 0 Å².